The number of hydrogen-bond donors (Lipinski definition) is 2. The third kappa shape index (κ3) is 4.28. The van der Waals surface area contributed by atoms with Crippen molar-refractivity contribution >= 4 is 40.8 Å². The van der Waals surface area contributed by atoms with Crippen molar-refractivity contribution in [3.8, 4) is 11.5 Å². The Hall–Kier alpha value is -3.23. The van der Waals surface area contributed by atoms with Gasteiger partial charge in [-0.05, 0) is 31.2 Å². The van der Waals surface area contributed by atoms with Crippen LogP contribution in [0.1, 0.15) is 22.8 Å². The Morgan fingerprint density at radius 2 is 2.00 bits per heavy atom. The summed E-state index contributed by atoms with van der Waals surface area (Å²) in [6.07, 6.45) is 3.15. The summed E-state index contributed by atoms with van der Waals surface area (Å²) in [5.74, 6) is 0.711. The number of fused-ring (bicyclic) bond motifs is 1. The summed E-state index contributed by atoms with van der Waals surface area (Å²) in [5.41, 5.74) is 4.06. The number of anilines is 1. The topological polar surface area (TPSA) is 83.9 Å². The van der Waals surface area contributed by atoms with Crippen LogP contribution in [0, 0.1) is 0 Å². The minimum atomic E-state index is -0.651. The molecule has 2 aromatic carbocycles. The van der Waals surface area contributed by atoms with Crippen molar-refractivity contribution < 1.29 is 18.9 Å². The summed E-state index contributed by atoms with van der Waals surface area (Å²) in [4.78, 5) is 16.7. The number of ether oxygens (including phenoxy) is 1. The van der Waals surface area contributed by atoms with E-state index in [1.807, 2.05) is 29.4 Å². The molecule has 0 aliphatic heterocycles. The quantitative estimate of drug-likeness (QED) is 0.245. The van der Waals surface area contributed by atoms with Gasteiger partial charge in [-0.2, -0.15) is 0 Å². The molecule has 8 heteroatoms. The fourth-order valence-electron chi connectivity index (χ4n) is 2.86. The number of hydroxylamine groups is 1. The maximum atomic E-state index is 12.3. The van der Waals surface area contributed by atoms with E-state index in [2.05, 4.69) is 11.6 Å². The van der Waals surface area contributed by atoms with Crippen molar-refractivity contribution in [2.45, 2.75) is 6.92 Å². The summed E-state index contributed by atoms with van der Waals surface area (Å²) in [7, 11) is 1.60. The van der Waals surface area contributed by atoms with Gasteiger partial charge in [-0.1, -0.05) is 30.9 Å². The van der Waals surface area contributed by atoms with Crippen molar-refractivity contribution in [3.05, 3.63) is 66.4 Å². The smallest absolute Gasteiger partial charge is 0.278 e. The Labute approximate surface area is 173 Å². The van der Waals surface area contributed by atoms with E-state index in [9.17, 15) is 10.0 Å². The zero-order chi connectivity index (χ0) is 20.8. The summed E-state index contributed by atoms with van der Waals surface area (Å²) in [6.45, 7) is 6.30. The molecule has 0 saturated carbocycles. The third-order valence-corrected chi connectivity index (χ3v) is 5.17. The van der Waals surface area contributed by atoms with Gasteiger partial charge in [0.25, 0.3) is 5.91 Å². The van der Waals surface area contributed by atoms with E-state index < -0.39 is 5.91 Å². The molecule has 0 radical (unpaired) electrons. The molecule has 0 aliphatic carbocycles. The Balaban J connectivity index is 2.02. The number of para-hydroxylation sites is 1. The van der Waals surface area contributed by atoms with Crippen molar-refractivity contribution in [1.82, 2.24) is 10.5 Å². The van der Waals surface area contributed by atoms with E-state index in [0.717, 1.165) is 28.9 Å². The number of carbonyl (C=O) groups is 1. The summed E-state index contributed by atoms with van der Waals surface area (Å²) in [6, 6.07) is 12.8. The lowest BCUT2D eigenvalue weighted by Crippen LogP contribution is -2.24. The molecule has 7 nitrogen and oxygen atoms in total. The van der Waals surface area contributed by atoms with Crippen molar-refractivity contribution in [2.24, 2.45) is 0 Å². The zero-order valence-electron chi connectivity index (χ0n) is 16.1. The molecule has 0 atom stereocenters. The number of benzene rings is 2. The van der Waals surface area contributed by atoms with Gasteiger partial charge in [-0.3, -0.25) is 19.3 Å². The third-order valence-electron chi connectivity index (χ3n) is 4.29. The highest BCUT2D eigenvalue weighted by molar-refractivity contribution is 7.96. The molecule has 29 heavy (non-hydrogen) atoms. The molecule has 3 rings (SSSR count). The number of aromatic nitrogens is 1. The number of rotatable bonds is 8. The van der Waals surface area contributed by atoms with E-state index in [0.29, 0.717) is 23.5 Å². The molecule has 0 saturated heterocycles. The highest BCUT2D eigenvalue weighted by Gasteiger charge is 2.22. The molecule has 1 amide bonds. The molecule has 0 fully saturated rings. The maximum absolute atomic E-state index is 12.3. The van der Waals surface area contributed by atoms with Gasteiger partial charge in [0.2, 0.25) is 0 Å². The largest absolute Gasteiger partial charge is 0.497 e. The second kappa shape index (κ2) is 9.31. The van der Waals surface area contributed by atoms with Gasteiger partial charge >= 0.3 is 0 Å². The molecule has 0 aliphatic rings. The van der Waals surface area contributed by atoms with Crippen molar-refractivity contribution in [2.75, 3.05) is 18.0 Å². The molecular weight excluding hydrogens is 390 g/mol. The van der Waals surface area contributed by atoms with Crippen LogP contribution in [-0.2, 0) is 0 Å². The molecule has 2 N–H and O–H groups in total. The van der Waals surface area contributed by atoms with Gasteiger partial charge in [0, 0.05) is 23.7 Å². The van der Waals surface area contributed by atoms with Crippen LogP contribution in [-0.4, -0.2) is 29.8 Å². The van der Waals surface area contributed by atoms with E-state index in [1.165, 1.54) is 6.20 Å². The second-order valence-electron chi connectivity index (χ2n) is 5.94. The van der Waals surface area contributed by atoms with Crippen LogP contribution in [0.25, 0.3) is 17.0 Å². The number of amides is 1. The first-order chi connectivity index (χ1) is 14.1. The maximum Gasteiger partial charge on any atom is 0.278 e. The van der Waals surface area contributed by atoms with Crippen molar-refractivity contribution in [3.63, 3.8) is 0 Å². The van der Waals surface area contributed by atoms with Crippen LogP contribution in [0.2, 0.25) is 0 Å². The number of carbonyl (C=O) groups excluding carboxylic acids is 1. The Bertz CT molecular complexity index is 1020. The minimum Gasteiger partial charge on any atom is -0.497 e. The van der Waals surface area contributed by atoms with Gasteiger partial charge in [0.05, 0.1) is 23.9 Å². The van der Waals surface area contributed by atoms with E-state index in [1.54, 1.807) is 42.9 Å². The van der Waals surface area contributed by atoms with Crippen LogP contribution in [0.5, 0.6) is 11.5 Å². The van der Waals surface area contributed by atoms with E-state index in [-0.39, 0.29) is 5.56 Å². The Kier molecular flexibility index (Phi) is 6.58. The number of methoxy groups -OCH3 is 1. The first-order valence-corrected chi connectivity index (χ1v) is 9.57. The summed E-state index contributed by atoms with van der Waals surface area (Å²) < 4.78 is 12.8. The SMILES string of the molecule is C=Cc1cccc2c(N(CC)SOc3ccc(OC)cc3)c(C(=O)NO)cnc12. The number of pyridine rings is 1. The number of nitrogens with one attached hydrogen (secondary N) is 1. The van der Waals surface area contributed by atoms with E-state index in [4.69, 9.17) is 8.92 Å². The van der Waals surface area contributed by atoms with Gasteiger partial charge in [-0.15, -0.1) is 0 Å². The molecule has 1 aromatic heterocycles. The Morgan fingerprint density at radius 3 is 2.62 bits per heavy atom. The van der Waals surface area contributed by atoms with Crippen LogP contribution in [0.4, 0.5) is 5.69 Å². The highest BCUT2D eigenvalue weighted by Crippen LogP contribution is 2.36. The van der Waals surface area contributed by atoms with Gasteiger partial charge < -0.3 is 8.92 Å². The lowest BCUT2D eigenvalue weighted by Gasteiger charge is -2.24. The fourth-order valence-corrected chi connectivity index (χ4v) is 3.52. The fraction of sp³-hybridized carbons (Fsp3) is 0.143. The second-order valence-corrected chi connectivity index (χ2v) is 6.69. The Morgan fingerprint density at radius 1 is 1.28 bits per heavy atom. The predicted molar refractivity (Wildman–Crippen MR) is 115 cm³/mol. The lowest BCUT2D eigenvalue weighted by atomic mass is 10.0. The van der Waals surface area contributed by atoms with Crippen LogP contribution in [0.3, 0.4) is 0 Å². The van der Waals surface area contributed by atoms with Gasteiger partial charge in [0.1, 0.15) is 11.5 Å². The average molecular weight is 411 g/mol. The lowest BCUT2D eigenvalue weighted by molar-refractivity contribution is 0.0707. The average Bonchev–Trinajstić information content (AvgIpc) is 2.78. The molecular formula is C21H21N3O4S. The minimum absolute atomic E-state index is 0.230. The number of nitrogens with zero attached hydrogens (tertiary/aromatic N) is 2. The summed E-state index contributed by atoms with van der Waals surface area (Å²) in [5, 5.41) is 9.93. The van der Waals surface area contributed by atoms with Gasteiger partial charge in [-0.25, -0.2) is 5.48 Å². The predicted octanol–water partition coefficient (Wildman–Crippen LogP) is 4.47. The normalized spacial score (nSPS) is 10.4. The van der Waals surface area contributed by atoms with Crippen LogP contribution >= 0.6 is 12.2 Å². The molecule has 150 valence electrons. The summed E-state index contributed by atoms with van der Waals surface area (Å²) >= 11 is 1.09. The van der Waals surface area contributed by atoms with Crippen molar-refractivity contribution in [1.29, 1.82) is 0 Å². The zero-order valence-corrected chi connectivity index (χ0v) is 16.9. The molecule has 0 unspecified atom stereocenters. The van der Waals surface area contributed by atoms with E-state index >= 15 is 0 Å². The highest BCUT2D eigenvalue weighted by atomic mass is 32.2. The van der Waals surface area contributed by atoms with Gasteiger partial charge in [0.15, 0.2) is 12.2 Å². The monoisotopic (exact) mass is 411 g/mol. The molecule has 0 spiro atoms. The first kappa shape index (κ1) is 20.5. The van der Waals surface area contributed by atoms with Crippen LogP contribution in [0.15, 0.2) is 55.2 Å². The first-order valence-electron chi connectivity index (χ1n) is 8.87. The molecule has 3 aromatic rings. The van der Waals surface area contributed by atoms with Crippen LogP contribution < -0.4 is 18.7 Å². The molecule has 1 heterocycles. The molecule has 0 bridgehead atoms. The number of hydrogen-bond acceptors (Lipinski definition) is 7. The standard InChI is InChI=1S/C21H21N3O4S/c1-4-14-7-6-8-17-19(14)22-13-18(21(25)23-26)20(17)24(5-2)29-28-16-11-9-15(27-3)10-12-16/h4,6-13,26H,1,5H2,2-3H3,(H,23,25).